The highest BCUT2D eigenvalue weighted by Crippen LogP contribution is 2.31. The molecule has 0 atom stereocenters. The lowest BCUT2D eigenvalue weighted by molar-refractivity contribution is -0.0500. The molecule has 0 spiro atoms. The number of carboxylic acid groups (broad SMARTS) is 1. The van der Waals surface area contributed by atoms with E-state index < -0.39 is 32.9 Å². The monoisotopic (exact) mass is 360 g/mol. The number of carbonyl (C=O) groups is 1. The highest BCUT2D eigenvalue weighted by Gasteiger charge is 2.49. The third kappa shape index (κ3) is 3.85. The quantitative estimate of drug-likeness (QED) is 0.654. The van der Waals surface area contributed by atoms with E-state index in [0.29, 0.717) is 5.56 Å². The van der Waals surface area contributed by atoms with Crippen molar-refractivity contribution in [3.63, 3.8) is 0 Å². The molecule has 0 saturated carbocycles. The maximum absolute atomic E-state index is 12.4. The van der Waals surface area contributed by atoms with E-state index in [4.69, 9.17) is 0 Å². The number of carboxylic acids is 1. The first-order valence-corrected chi connectivity index (χ1v) is 7.92. The molecule has 0 unspecified atom stereocenters. The molecule has 5 nitrogen and oxygen atoms in total. The number of hydrogen-bond donors (Lipinski definition) is 1. The third-order valence-electron chi connectivity index (χ3n) is 3.05. The fraction of sp³-hybridized carbons (Fsp3) is 0.133. The topological polar surface area (TPSA) is 80.7 Å². The molecule has 0 heterocycles. The molecule has 0 aliphatic heterocycles. The van der Waals surface area contributed by atoms with Crippen LogP contribution in [0.4, 0.5) is 13.2 Å². The van der Waals surface area contributed by atoms with Gasteiger partial charge >= 0.3 is 21.6 Å². The van der Waals surface area contributed by atoms with Crippen LogP contribution in [0.15, 0.2) is 48.5 Å². The molecular weight excluding hydrogens is 349 g/mol. The highest BCUT2D eigenvalue weighted by atomic mass is 32.2. The molecule has 0 saturated heterocycles. The molecule has 2 rings (SSSR count). The van der Waals surface area contributed by atoms with Crippen LogP contribution in [-0.4, -0.2) is 25.0 Å². The fourth-order valence-electron chi connectivity index (χ4n) is 2.02. The van der Waals surface area contributed by atoms with Gasteiger partial charge in [0.2, 0.25) is 0 Å². The van der Waals surface area contributed by atoms with Crippen molar-refractivity contribution < 1.29 is 35.7 Å². The zero-order chi connectivity index (χ0) is 18.0. The van der Waals surface area contributed by atoms with Crippen LogP contribution in [0.5, 0.6) is 5.75 Å². The maximum Gasteiger partial charge on any atom is 0.534 e. The first kappa shape index (κ1) is 17.8. The van der Waals surface area contributed by atoms with Gasteiger partial charge in [0.25, 0.3) is 0 Å². The normalized spacial score (nSPS) is 12.0. The average molecular weight is 360 g/mol. The van der Waals surface area contributed by atoms with E-state index in [9.17, 15) is 31.5 Å². The van der Waals surface area contributed by atoms with Gasteiger partial charge < -0.3 is 9.29 Å². The standard InChI is InChI=1S/C15H11F3O5S/c16-15(17,18)24(21,22)23-12-8-4-7-11(13(12)14(19)20)9-10-5-2-1-3-6-10/h1-8H,9H2,(H,19,20). The van der Waals surface area contributed by atoms with Crippen molar-refractivity contribution >= 4 is 16.1 Å². The summed E-state index contributed by atoms with van der Waals surface area (Å²) in [5.74, 6) is -2.47. The number of benzene rings is 2. The van der Waals surface area contributed by atoms with Crippen LogP contribution in [0.2, 0.25) is 0 Å². The molecule has 0 radical (unpaired) electrons. The Morgan fingerprint density at radius 2 is 1.67 bits per heavy atom. The van der Waals surface area contributed by atoms with Gasteiger partial charge in [-0.15, -0.1) is 0 Å². The fourth-order valence-corrected chi connectivity index (χ4v) is 2.49. The van der Waals surface area contributed by atoms with Crippen LogP contribution in [0, 0.1) is 0 Å². The molecular formula is C15H11F3O5S. The second-order valence-electron chi connectivity index (χ2n) is 4.74. The van der Waals surface area contributed by atoms with Crippen molar-refractivity contribution in [3.8, 4) is 5.75 Å². The predicted molar refractivity (Wildman–Crippen MR) is 78.3 cm³/mol. The van der Waals surface area contributed by atoms with Gasteiger partial charge in [-0.25, -0.2) is 4.79 Å². The minimum Gasteiger partial charge on any atom is -0.478 e. The number of aromatic carboxylic acids is 1. The molecule has 24 heavy (non-hydrogen) atoms. The summed E-state index contributed by atoms with van der Waals surface area (Å²) in [6, 6.07) is 12.0. The minimum absolute atomic E-state index is 0.0890. The highest BCUT2D eigenvalue weighted by molar-refractivity contribution is 7.88. The van der Waals surface area contributed by atoms with E-state index >= 15 is 0 Å². The lowest BCUT2D eigenvalue weighted by Gasteiger charge is -2.14. The Bertz CT molecular complexity index is 845. The van der Waals surface area contributed by atoms with Gasteiger partial charge in [0.15, 0.2) is 5.75 Å². The van der Waals surface area contributed by atoms with Crippen LogP contribution < -0.4 is 4.18 Å². The summed E-state index contributed by atoms with van der Waals surface area (Å²) in [5.41, 5.74) is -5.45. The zero-order valence-electron chi connectivity index (χ0n) is 11.9. The predicted octanol–water partition coefficient (Wildman–Crippen LogP) is 3.20. The van der Waals surface area contributed by atoms with Crippen molar-refractivity contribution in [1.29, 1.82) is 0 Å². The third-order valence-corrected chi connectivity index (χ3v) is 4.01. The first-order chi connectivity index (χ1) is 11.1. The smallest absolute Gasteiger partial charge is 0.478 e. The Hall–Kier alpha value is -2.55. The minimum atomic E-state index is -5.96. The van der Waals surface area contributed by atoms with Gasteiger partial charge in [-0.1, -0.05) is 42.5 Å². The molecule has 0 aliphatic carbocycles. The van der Waals surface area contributed by atoms with E-state index in [-0.39, 0.29) is 12.0 Å². The average Bonchev–Trinajstić information content (AvgIpc) is 2.46. The summed E-state index contributed by atoms with van der Waals surface area (Å²) < 4.78 is 63.6. The van der Waals surface area contributed by atoms with Crippen molar-refractivity contribution in [2.45, 2.75) is 11.9 Å². The Balaban J connectivity index is 2.47. The first-order valence-electron chi connectivity index (χ1n) is 6.51. The second kappa shape index (κ2) is 6.52. The van der Waals surface area contributed by atoms with Crippen LogP contribution in [0.3, 0.4) is 0 Å². The largest absolute Gasteiger partial charge is 0.534 e. The molecule has 0 aromatic heterocycles. The molecule has 0 fully saturated rings. The van der Waals surface area contributed by atoms with Crippen molar-refractivity contribution in [1.82, 2.24) is 0 Å². The van der Waals surface area contributed by atoms with E-state index in [1.54, 1.807) is 30.3 Å². The van der Waals surface area contributed by atoms with Crippen LogP contribution in [0.25, 0.3) is 0 Å². The lowest BCUT2D eigenvalue weighted by Crippen LogP contribution is -2.28. The molecule has 128 valence electrons. The summed E-state index contributed by atoms with van der Waals surface area (Å²) in [7, 11) is -5.96. The lowest BCUT2D eigenvalue weighted by atomic mass is 9.99. The summed E-state index contributed by atoms with van der Waals surface area (Å²) >= 11 is 0. The Labute approximate surface area is 135 Å². The van der Waals surface area contributed by atoms with Gasteiger partial charge in [-0.05, 0) is 23.6 Å². The SMILES string of the molecule is O=C(O)c1c(Cc2ccccc2)cccc1OS(=O)(=O)C(F)(F)F. The van der Waals surface area contributed by atoms with E-state index in [1.807, 2.05) is 0 Å². The van der Waals surface area contributed by atoms with E-state index in [2.05, 4.69) is 4.18 Å². The van der Waals surface area contributed by atoms with Crippen molar-refractivity contribution in [3.05, 3.63) is 65.2 Å². The van der Waals surface area contributed by atoms with Crippen LogP contribution in [0.1, 0.15) is 21.5 Å². The molecule has 9 heteroatoms. The molecule has 0 aliphatic rings. The summed E-state index contributed by atoms with van der Waals surface area (Å²) in [5, 5.41) is 9.27. The molecule has 2 aromatic rings. The number of halogens is 3. The Morgan fingerprint density at radius 3 is 2.21 bits per heavy atom. The van der Waals surface area contributed by atoms with Crippen molar-refractivity contribution in [2.75, 3.05) is 0 Å². The second-order valence-corrected chi connectivity index (χ2v) is 6.28. The van der Waals surface area contributed by atoms with Crippen LogP contribution in [-0.2, 0) is 16.5 Å². The zero-order valence-corrected chi connectivity index (χ0v) is 12.8. The Morgan fingerprint density at radius 1 is 1.04 bits per heavy atom. The summed E-state index contributed by atoms with van der Waals surface area (Å²) in [4.78, 5) is 11.4. The van der Waals surface area contributed by atoms with Gasteiger partial charge in [0.05, 0.1) is 0 Å². The van der Waals surface area contributed by atoms with Gasteiger partial charge in [-0.3, -0.25) is 0 Å². The molecule has 0 bridgehead atoms. The van der Waals surface area contributed by atoms with Crippen LogP contribution >= 0.6 is 0 Å². The molecule has 2 aromatic carbocycles. The van der Waals surface area contributed by atoms with Gasteiger partial charge in [0, 0.05) is 0 Å². The Kier molecular flexibility index (Phi) is 4.83. The van der Waals surface area contributed by atoms with E-state index in [0.717, 1.165) is 6.07 Å². The van der Waals surface area contributed by atoms with Gasteiger partial charge in [-0.2, -0.15) is 21.6 Å². The number of hydrogen-bond acceptors (Lipinski definition) is 4. The molecule has 1 N–H and O–H groups in total. The van der Waals surface area contributed by atoms with Gasteiger partial charge in [0.1, 0.15) is 5.56 Å². The maximum atomic E-state index is 12.4. The summed E-state index contributed by atoms with van der Waals surface area (Å²) in [6.45, 7) is 0. The molecule has 0 amide bonds. The van der Waals surface area contributed by atoms with Crippen molar-refractivity contribution in [2.24, 2.45) is 0 Å². The number of alkyl halides is 3. The summed E-state index contributed by atoms with van der Waals surface area (Å²) in [6.07, 6.45) is 0.0890. The van der Waals surface area contributed by atoms with E-state index in [1.165, 1.54) is 12.1 Å². The number of rotatable bonds is 5.